The van der Waals surface area contributed by atoms with E-state index in [0.717, 1.165) is 29.4 Å². The van der Waals surface area contributed by atoms with Crippen LogP contribution in [0.25, 0.3) is 11.0 Å². The number of benzene rings is 2. The Balaban J connectivity index is 1.66. The molecule has 1 heterocycles. The molecular weight excluding hydrogens is 334 g/mol. The van der Waals surface area contributed by atoms with Crippen molar-refractivity contribution in [1.82, 2.24) is 5.32 Å². The number of aryl methyl sites for hydroxylation is 2. The molecule has 1 aliphatic rings. The highest BCUT2D eigenvalue weighted by Crippen LogP contribution is 2.30. The molecule has 0 radical (unpaired) electrons. The van der Waals surface area contributed by atoms with Gasteiger partial charge in [-0.05, 0) is 60.6 Å². The smallest absolute Gasteiger partial charge is 0.336 e. The molecule has 1 atom stereocenters. The topological polar surface area (TPSA) is 42.2 Å². The molecule has 0 amide bonds. The lowest BCUT2D eigenvalue weighted by Gasteiger charge is -2.26. The van der Waals surface area contributed by atoms with Crippen molar-refractivity contribution in [3.63, 3.8) is 0 Å². The summed E-state index contributed by atoms with van der Waals surface area (Å²) in [5.74, 6) is 0. The number of hydrogen-bond donors (Lipinski definition) is 1. The first-order valence-corrected chi connectivity index (χ1v) is 9.03. The van der Waals surface area contributed by atoms with E-state index in [1.807, 2.05) is 19.1 Å². The van der Waals surface area contributed by atoms with E-state index in [2.05, 4.69) is 29.6 Å². The van der Waals surface area contributed by atoms with Crippen molar-refractivity contribution in [2.75, 3.05) is 0 Å². The van der Waals surface area contributed by atoms with E-state index in [-0.39, 0.29) is 5.63 Å². The van der Waals surface area contributed by atoms with Gasteiger partial charge >= 0.3 is 5.63 Å². The Morgan fingerprint density at radius 3 is 2.96 bits per heavy atom. The molecule has 4 rings (SSSR count). The lowest BCUT2D eigenvalue weighted by Crippen LogP contribution is -2.25. The largest absolute Gasteiger partial charge is 0.423 e. The number of hydrogen-bond acceptors (Lipinski definition) is 3. The number of halogens is 1. The maximum atomic E-state index is 11.9. The van der Waals surface area contributed by atoms with Gasteiger partial charge in [0.05, 0.1) is 0 Å². The molecule has 0 saturated carbocycles. The fraction of sp³-hybridized carbons (Fsp3) is 0.286. The van der Waals surface area contributed by atoms with Gasteiger partial charge in [-0.2, -0.15) is 0 Å². The Morgan fingerprint density at radius 2 is 2.08 bits per heavy atom. The van der Waals surface area contributed by atoms with Crippen LogP contribution in [0.4, 0.5) is 0 Å². The zero-order valence-electron chi connectivity index (χ0n) is 14.1. The molecule has 0 spiro atoms. The van der Waals surface area contributed by atoms with Crippen LogP contribution in [-0.4, -0.2) is 0 Å². The predicted octanol–water partition coefficient (Wildman–Crippen LogP) is 4.92. The van der Waals surface area contributed by atoms with Gasteiger partial charge in [0.1, 0.15) is 5.58 Å². The normalized spacial score (nSPS) is 16.8. The highest BCUT2D eigenvalue weighted by molar-refractivity contribution is 6.32. The molecule has 0 fully saturated rings. The molecule has 0 unspecified atom stereocenters. The van der Waals surface area contributed by atoms with E-state index >= 15 is 0 Å². The van der Waals surface area contributed by atoms with Crippen LogP contribution in [0.1, 0.15) is 41.1 Å². The number of fused-ring (bicyclic) bond motifs is 2. The van der Waals surface area contributed by atoms with Crippen LogP contribution in [0.15, 0.2) is 51.7 Å². The van der Waals surface area contributed by atoms with Crippen LogP contribution in [-0.2, 0) is 13.0 Å². The Bertz CT molecular complexity index is 993. The predicted molar refractivity (Wildman–Crippen MR) is 101 cm³/mol. The maximum Gasteiger partial charge on any atom is 0.336 e. The Labute approximate surface area is 151 Å². The Morgan fingerprint density at radius 1 is 1.24 bits per heavy atom. The van der Waals surface area contributed by atoms with Gasteiger partial charge in [0.25, 0.3) is 0 Å². The van der Waals surface area contributed by atoms with Gasteiger partial charge in [-0.1, -0.05) is 35.9 Å². The highest BCUT2D eigenvalue weighted by atomic mass is 35.5. The van der Waals surface area contributed by atoms with Gasteiger partial charge in [-0.3, -0.25) is 0 Å². The molecule has 0 bridgehead atoms. The summed E-state index contributed by atoms with van der Waals surface area (Å²) >= 11 is 6.28. The summed E-state index contributed by atoms with van der Waals surface area (Å²) in [6.45, 7) is 2.52. The third kappa shape index (κ3) is 3.22. The first kappa shape index (κ1) is 16.4. The minimum absolute atomic E-state index is 0.313. The van der Waals surface area contributed by atoms with Crippen LogP contribution in [0, 0.1) is 6.92 Å². The molecular formula is C21H20ClNO2. The lowest BCUT2D eigenvalue weighted by molar-refractivity contribution is 0.458. The summed E-state index contributed by atoms with van der Waals surface area (Å²) < 4.78 is 5.34. The Kier molecular flexibility index (Phi) is 4.36. The van der Waals surface area contributed by atoms with Gasteiger partial charge in [0.15, 0.2) is 0 Å². The van der Waals surface area contributed by atoms with Crippen LogP contribution < -0.4 is 10.9 Å². The van der Waals surface area contributed by atoms with E-state index in [4.69, 9.17) is 16.0 Å². The van der Waals surface area contributed by atoms with E-state index in [1.54, 1.807) is 6.07 Å². The van der Waals surface area contributed by atoms with Crippen LogP contribution >= 0.6 is 11.6 Å². The van der Waals surface area contributed by atoms with E-state index in [1.165, 1.54) is 17.5 Å². The molecule has 0 saturated heterocycles. The average Bonchev–Trinajstić information content (AvgIpc) is 2.61. The maximum absolute atomic E-state index is 11.9. The minimum atomic E-state index is -0.324. The van der Waals surface area contributed by atoms with Gasteiger partial charge in [0, 0.05) is 29.1 Å². The molecule has 25 heavy (non-hydrogen) atoms. The fourth-order valence-corrected chi connectivity index (χ4v) is 3.86. The lowest BCUT2D eigenvalue weighted by atomic mass is 9.87. The van der Waals surface area contributed by atoms with Crippen molar-refractivity contribution in [2.45, 2.75) is 38.8 Å². The van der Waals surface area contributed by atoms with Gasteiger partial charge in [-0.25, -0.2) is 4.79 Å². The second kappa shape index (κ2) is 6.66. The molecule has 1 aromatic heterocycles. The summed E-state index contributed by atoms with van der Waals surface area (Å²) in [5, 5.41) is 5.20. The van der Waals surface area contributed by atoms with E-state index in [9.17, 15) is 4.79 Å². The van der Waals surface area contributed by atoms with Crippen molar-refractivity contribution < 1.29 is 4.42 Å². The highest BCUT2D eigenvalue weighted by Gasteiger charge is 2.19. The zero-order valence-corrected chi connectivity index (χ0v) is 14.9. The zero-order chi connectivity index (χ0) is 17.4. The average molecular weight is 354 g/mol. The summed E-state index contributed by atoms with van der Waals surface area (Å²) in [7, 11) is 0. The molecule has 128 valence electrons. The first-order valence-electron chi connectivity index (χ1n) is 8.66. The monoisotopic (exact) mass is 353 g/mol. The second-order valence-corrected chi connectivity index (χ2v) is 7.12. The summed E-state index contributed by atoms with van der Waals surface area (Å²) in [5.41, 5.74) is 4.89. The van der Waals surface area contributed by atoms with Crippen molar-refractivity contribution in [3.8, 4) is 0 Å². The summed E-state index contributed by atoms with van der Waals surface area (Å²) in [4.78, 5) is 11.9. The SMILES string of the molecule is Cc1cc2oc(=O)cc(CN[C@H]3CCCc4ccccc43)c2cc1Cl. The molecule has 3 aromatic rings. The molecule has 4 heteroatoms. The number of rotatable bonds is 3. The third-order valence-electron chi connectivity index (χ3n) is 5.02. The van der Waals surface area contributed by atoms with Gasteiger partial charge < -0.3 is 9.73 Å². The number of nitrogens with one attached hydrogen (secondary N) is 1. The van der Waals surface area contributed by atoms with Crippen molar-refractivity contribution in [1.29, 1.82) is 0 Å². The Hall–Kier alpha value is -2.10. The molecule has 0 aliphatic heterocycles. The van der Waals surface area contributed by atoms with Gasteiger partial charge in [-0.15, -0.1) is 0 Å². The van der Waals surface area contributed by atoms with Crippen molar-refractivity contribution in [3.05, 3.63) is 80.2 Å². The standard InChI is InChI=1S/C21H20ClNO2/c1-13-9-20-17(11-18(13)22)15(10-21(24)25-20)12-23-19-8-4-6-14-5-2-3-7-16(14)19/h2-3,5,7,9-11,19,23H,4,6,8,12H2,1H3/t19-/m0/s1. The molecule has 3 nitrogen and oxygen atoms in total. The summed E-state index contributed by atoms with van der Waals surface area (Å²) in [6.07, 6.45) is 3.43. The minimum Gasteiger partial charge on any atom is -0.423 e. The third-order valence-corrected chi connectivity index (χ3v) is 5.42. The fourth-order valence-electron chi connectivity index (χ4n) is 3.69. The second-order valence-electron chi connectivity index (χ2n) is 6.71. The van der Waals surface area contributed by atoms with E-state index < -0.39 is 0 Å². The van der Waals surface area contributed by atoms with Crippen LogP contribution in [0.5, 0.6) is 0 Å². The van der Waals surface area contributed by atoms with Crippen LogP contribution in [0.3, 0.4) is 0 Å². The first-order chi connectivity index (χ1) is 12.1. The van der Waals surface area contributed by atoms with Crippen molar-refractivity contribution in [2.24, 2.45) is 0 Å². The van der Waals surface area contributed by atoms with Crippen molar-refractivity contribution >= 4 is 22.6 Å². The molecule has 1 N–H and O–H groups in total. The summed E-state index contributed by atoms with van der Waals surface area (Å²) in [6, 6.07) is 14.2. The quantitative estimate of drug-likeness (QED) is 0.679. The molecule has 1 aliphatic carbocycles. The molecule has 2 aromatic carbocycles. The van der Waals surface area contributed by atoms with Gasteiger partial charge in [0.2, 0.25) is 0 Å². The van der Waals surface area contributed by atoms with E-state index in [0.29, 0.717) is 23.2 Å². The van der Waals surface area contributed by atoms with Crippen LogP contribution in [0.2, 0.25) is 5.02 Å².